The number of ether oxygens (including phenoxy) is 2. The van der Waals surface area contributed by atoms with Crippen LogP contribution in [0.3, 0.4) is 0 Å². The van der Waals surface area contributed by atoms with Crippen molar-refractivity contribution in [2.24, 2.45) is 5.41 Å². The quantitative estimate of drug-likeness (QED) is 0.672. The average Bonchev–Trinajstić information content (AvgIpc) is 2.63. The smallest absolute Gasteiger partial charge is 0.189 e. The molecule has 1 atom stereocenters. The largest absolute Gasteiger partial charge is 0.344 e. The van der Waals surface area contributed by atoms with Gasteiger partial charge in [-0.3, -0.25) is 4.79 Å². The third-order valence-corrected chi connectivity index (χ3v) is 3.35. The standard InChI is InChI=1S/C13H18O3/c1-4-5-12(3)9-13(15-6-7-16-13)8-10(2)11(12)14/h4,8H,1,5-7,9H2,2-3H3. The van der Waals surface area contributed by atoms with Gasteiger partial charge in [0.05, 0.1) is 13.2 Å². The van der Waals surface area contributed by atoms with Crippen LogP contribution in [0.2, 0.25) is 0 Å². The lowest BCUT2D eigenvalue weighted by atomic mass is 9.70. The third-order valence-electron chi connectivity index (χ3n) is 3.35. The van der Waals surface area contributed by atoms with E-state index < -0.39 is 11.2 Å². The maximum absolute atomic E-state index is 12.1. The molecule has 88 valence electrons. The SMILES string of the molecule is C=CCC1(C)CC2(C=C(C)C1=O)OCCO2. The van der Waals surface area contributed by atoms with E-state index in [2.05, 4.69) is 6.58 Å². The van der Waals surface area contributed by atoms with Gasteiger partial charge in [0.25, 0.3) is 0 Å². The Bertz CT molecular complexity index is 350. The molecule has 0 amide bonds. The first-order chi connectivity index (χ1) is 7.51. The summed E-state index contributed by atoms with van der Waals surface area (Å²) in [6.07, 6.45) is 4.86. The van der Waals surface area contributed by atoms with Crippen molar-refractivity contribution in [3.8, 4) is 0 Å². The molecule has 1 unspecified atom stereocenters. The molecule has 0 aromatic carbocycles. The minimum Gasteiger partial charge on any atom is -0.344 e. The van der Waals surface area contributed by atoms with Crippen LogP contribution in [0.5, 0.6) is 0 Å². The monoisotopic (exact) mass is 222 g/mol. The number of allylic oxidation sites excluding steroid dienone is 2. The highest BCUT2D eigenvalue weighted by molar-refractivity contribution is 6.00. The molecule has 1 heterocycles. The molecule has 0 radical (unpaired) electrons. The fraction of sp³-hybridized carbons (Fsp3) is 0.615. The lowest BCUT2D eigenvalue weighted by Gasteiger charge is -2.39. The van der Waals surface area contributed by atoms with Crippen LogP contribution in [-0.2, 0) is 14.3 Å². The topological polar surface area (TPSA) is 35.5 Å². The highest BCUT2D eigenvalue weighted by atomic mass is 16.7. The zero-order chi connectivity index (χ0) is 11.8. The Balaban J connectivity index is 2.35. The van der Waals surface area contributed by atoms with E-state index in [1.807, 2.05) is 19.9 Å². The maximum atomic E-state index is 12.1. The van der Waals surface area contributed by atoms with E-state index in [1.165, 1.54) is 0 Å². The van der Waals surface area contributed by atoms with Crippen molar-refractivity contribution in [1.82, 2.24) is 0 Å². The van der Waals surface area contributed by atoms with Crippen LogP contribution in [0.4, 0.5) is 0 Å². The van der Waals surface area contributed by atoms with Gasteiger partial charge >= 0.3 is 0 Å². The molecule has 0 saturated carbocycles. The van der Waals surface area contributed by atoms with E-state index in [0.717, 1.165) is 5.57 Å². The summed E-state index contributed by atoms with van der Waals surface area (Å²) in [6, 6.07) is 0. The lowest BCUT2D eigenvalue weighted by Crippen LogP contribution is -2.44. The first-order valence-corrected chi connectivity index (χ1v) is 5.64. The van der Waals surface area contributed by atoms with Gasteiger partial charge in [0.1, 0.15) is 0 Å². The Hall–Kier alpha value is -0.930. The molecule has 0 bridgehead atoms. The first kappa shape index (κ1) is 11.6. The van der Waals surface area contributed by atoms with Gasteiger partial charge in [0.15, 0.2) is 11.6 Å². The number of hydrogen-bond donors (Lipinski definition) is 0. The molecular weight excluding hydrogens is 204 g/mol. The molecule has 1 saturated heterocycles. The number of carbonyl (C=O) groups excluding carboxylic acids is 1. The van der Waals surface area contributed by atoms with Crippen LogP contribution in [0.25, 0.3) is 0 Å². The predicted molar refractivity (Wildman–Crippen MR) is 60.9 cm³/mol. The first-order valence-electron chi connectivity index (χ1n) is 5.64. The van der Waals surface area contributed by atoms with Gasteiger partial charge in [-0.2, -0.15) is 0 Å². The van der Waals surface area contributed by atoms with E-state index in [4.69, 9.17) is 9.47 Å². The molecule has 3 heteroatoms. The maximum Gasteiger partial charge on any atom is 0.189 e. The lowest BCUT2D eigenvalue weighted by molar-refractivity contribution is -0.158. The van der Waals surface area contributed by atoms with Gasteiger partial charge in [-0.1, -0.05) is 13.0 Å². The van der Waals surface area contributed by atoms with Crippen LogP contribution in [-0.4, -0.2) is 24.8 Å². The van der Waals surface area contributed by atoms with Crippen molar-refractivity contribution in [1.29, 1.82) is 0 Å². The predicted octanol–water partition coefficient (Wildman–Crippen LogP) is 2.23. The zero-order valence-electron chi connectivity index (χ0n) is 9.91. The average molecular weight is 222 g/mol. The fourth-order valence-corrected chi connectivity index (χ4v) is 2.69. The van der Waals surface area contributed by atoms with Crippen molar-refractivity contribution in [3.05, 3.63) is 24.3 Å². The van der Waals surface area contributed by atoms with Crippen molar-refractivity contribution in [2.45, 2.75) is 32.5 Å². The molecule has 1 aliphatic carbocycles. The molecule has 1 aliphatic heterocycles. The highest BCUT2D eigenvalue weighted by Gasteiger charge is 2.49. The summed E-state index contributed by atoms with van der Waals surface area (Å²) in [5, 5.41) is 0. The van der Waals surface area contributed by atoms with E-state index in [9.17, 15) is 4.79 Å². The van der Waals surface area contributed by atoms with Crippen LogP contribution in [0.15, 0.2) is 24.3 Å². The van der Waals surface area contributed by atoms with Gasteiger partial charge in [-0.05, 0) is 25.0 Å². The Morgan fingerprint density at radius 3 is 2.69 bits per heavy atom. The Morgan fingerprint density at radius 2 is 2.12 bits per heavy atom. The van der Waals surface area contributed by atoms with Crippen molar-refractivity contribution >= 4 is 5.78 Å². The van der Waals surface area contributed by atoms with Gasteiger partial charge in [0.2, 0.25) is 0 Å². The molecule has 16 heavy (non-hydrogen) atoms. The van der Waals surface area contributed by atoms with Gasteiger partial charge in [-0.15, -0.1) is 6.58 Å². The molecule has 3 nitrogen and oxygen atoms in total. The number of ketones is 1. The molecule has 2 aliphatic rings. The third kappa shape index (κ3) is 1.74. The van der Waals surface area contributed by atoms with E-state index in [1.54, 1.807) is 6.08 Å². The summed E-state index contributed by atoms with van der Waals surface area (Å²) in [5.74, 6) is -0.493. The van der Waals surface area contributed by atoms with E-state index >= 15 is 0 Å². The number of carbonyl (C=O) groups is 1. The number of hydrogen-bond acceptors (Lipinski definition) is 3. The zero-order valence-corrected chi connectivity index (χ0v) is 9.91. The minimum atomic E-state index is -0.671. The van der Waals surface area contributed by atoms with Crippen molar-refractivity contribution in [2.75, 3.05) is 13.2 Å². The summed E-state index contributed by atoms with van der Waals surface area (Å²) in [5.41, 5.74) is 0.294. The fourth-order valence-electron chi connectivity index (χ4n) is 2.69. The molecule has 0 aromatic heterocycles. The minimum absolute atomic E-state index is 0.178. The van der Waals surface area contributed by atoms with Gasteiger partial charge < -0.3 is 9.47 Å². The number of Topliss-reactive ketones (excluding diaryl/α,β-unsaturated/α-hetero) is 1. The normalized spacial score (nSPS) is 32.9. The van der Waals surface area contributed by atoms with Crippen molar-refractivity contribution < 1.29 is 14.3 Å². The second kappa shape index (κ2) is 3.82. The van der Waals surface area contributed by atoms with E-state index in [-0.39, 0.29) is 5.78 Å². The summed E-state index contributed by atoms with van der Waals surface area (Å²) in [6.45, 7) is 8.71. The van der Waals surface area contributed by atoms with Crippen LogP contribution in [0.1, 0.15) is 26.7 Å². The highest BCUT2D eigenvalue weighted by Crippen LogP contribution is 2.44. The molecule has 1 spiro atoms. The molecular formula is C13H18O3. The van der Waals surface area contributed by atoms with Crippen LogP contribution in [0, 0.1) is 5.41 Å². The Labute approximate surface area is 96.1 Å². The van der Waals surface area contributed by atoms with Crippen LogP contribution >= 0.6 is 0 Å². The number of rotatable bonds is 2. The van der Waals surface area contributed by atoms with Gasteiger partial charge in [-0.25, -0.2) is 0 Å². The molecule has 2 rings (SSSR count). The summed E-state index contributed by atoms with van der Waals surface area (Å²) in [7, 11) is 0. The Morgan fingerprint density at radius 1 is 1.50 bits per heavy atom. The molecule has 0 N–H and O–H groups in total. The second-order valence-electron chi connectivity index (χ2n) is 4.90. The van der Waals surface area contributed by atoms with E-state index in [0.29, 0.717) is 26.1 Å². The summed E-state index contributed by atoms with van der Waals surface area (Å²) < 4.78 is 11.3. The van der Waals surface area contributed by atoms with Crippen LogP contribution < -0.4 is 0 Å². The second-order valence-corrected chi connectivity index (χ2v) is 4.90. The Kier molecular flexibility index (Phi) is 2.76. The van der Waals surface area contributed by atoms with Crippen molar-refractivity contribution in [3.63, 3.8) is 0 Å². The molecule has 0 aromatic rings. The molecule has 1 fully saturated rings. The summed E-state index contributed by atoms with van der Waals surface area (Å²) >= 11 is 0. The van der Waals surface area contributed by atoms with Gasteiger partial charge in [0, 0.05) is 11.8 Å². The summed E-state index contributed by atoms with van der Waals surface area (Å²) in [4.78, 5) is 12.1.